The van der Waals surface area contributed by atoms with E-state index in [4.69, 9.17) is 15.9 Å². The zero-order valence-corrected chi connectivity index (χ0v) is 62.8. The summed E-state index contributed by atoms with van der Waals surface area (Å²) in [6.07, 6.45) is -4.69. The molecule has 4 aromatic rings. The topological polar surface area (TPSA) is 657 Å². The number of nitrogens with one attached hydrogen (secondary N) is 11. The summed E-state index contributed by atoms with van der Waals surface area (Å²) in [5, 5.41) is 125. The molecule has 0 heterocycles. The molecule has 0 saturated carbocycles. The number of amides is 9. The lowest BCUT2D eigenvalue weighted by atomic mass is 9.99. The van der Waals surface area contributed by atoms with Crippen LogP contribution in [-0.2, 0) is 96.0 Å². The van der Waals surface area contributed by atoms with Gasteiger partial charge in [-0.25, -0.2) is 24.0 Å². The first-order valence-electron chi connectivity index (χ1n) is 36.6. The van der Waals surface area contributed by atoms with Crippen molar-refractivity contribution in [2.45, 2.75) is 151 Å². The van der Waals surface area contributed by atoms with Crippen LogP contribution in [-0.4, -0.2) is 282 Å². The molecule has 41 nitrogen and oxygen atoms in total. The minimum atomic E-state index is -1.75. The first kappa shape index (κ1) is 94.7. The number of aromatic hydroxyl groups is 1. The highest BCUT2D eigenvalue weighted by atomic mass is 16.4. The number of nitrogens with two attached hydrogens (primary N) is 1. The number of carbonyl (C=O) groups excluding carboxylic acids is 8. The minimum absolute atomic E-state index is 0.00108. The summed E-state index contributed by atoms with van der Waals surface area (Å²) >= 11 is 0. The third-order valence-corrected chi connectivity index (χ3v) is 17.6. The maximum atomic E-state index is 14.9. The number of hydrogen-bond acceptors (Lipinski definition) is 23. The lowest BCUT2D eigenvalue weighted by molar-refractivity contribution is -0.143. The predicted octanol–water partition coefficient (Wildman–Crippen LogP) is -2.17. The predicted molar refractivity (Wildman–Crippen MR) is 405 cm³/mol. The monoisotopic (exact) mass is 1620 g/mol. The van der Waals surface area contributed by atoms with Gasteiger partial charge in [0.2, 0.25) is 41.4 Å². The first-order valence-corrected chi connectivity index (χ1v) is 36.6. The van der Waals surface area contributed by atoms with Crippen molar-refractivity contribution in [1.29, 1.82) is 0 Å². The molecule has 0 aliphatic carbocycles. The van der Waals surface area contributed by atoms with E-state index >= 15 is 0 Å². The van der Waals surface area contributed by atoms with Crippen LogP contribution in [0.25, 0.3) is 10.8 Å². The van der Waals surface area contributed by atoms with E-state index in [-0.39, 0.29) is 135 Å². The van der Waals surface area contributed by atoms with E-state index in [2.05, 4.69) is 47.9 Å². The molecule has 0 radical (unpaired) electrons. The van der Waals surface area contributed by atoms with Gasteiger partial charge in [-0.05, 0) is 103 Å². The highest BCUT2D eigenvalue weighted by Gasteiger charge is 2.34. The average Bonchev–Trinajstić information content (AvgIpc) is 0.832. The van der Waals surface area contributed by atoms with Crippen molar-refractivity contribution in [1.82, 2.24) is 68.3 Å². The van der Waals surface area contributed by atoms with Gasteiger partial charge in [0.25, 0.3) is 0 Å². The molecular formula is C74H100N14O27. The summed E-state index contributed by atoms with van der Waals surface area (Å²) in [5.74, 6) is -18.4. The molecule has 23 N–H and O–H groups in total. The summed E-state index contributed by atoms with van der Waals surface area (Å²) in [7, 11) is 0. The number of nitrogen functional groups attached to an aromatic ring is 1. The molecule has 4 aromatic carbocycles. The summed E-state index contributed by atoms with van der Waals surface area (Å²) in [5.41, 5.74) is 7.69. The van der Waals surface area contributed by atoms with E-state index in [1.54, 1.807) is 36.4 Å². The molecule has 3 unspecified atom stereocenters. The van der Waals surface area contributed by atoms with Crippen LogP contribution >= 0.6 is 0 Å². The first-order chi connectivity index (χ1) is 54.5. The Kier molecular flexibility index (Phi) is 41.5. The Morgan fingerprint density at radius 2 is 0.757 bits per heavy atom. The molecule has 8 atom stereocenters. The maximum absolute atomic E-state index is 14.9. The second-order valence-electron chi connectivity index (χ2n) is 26.8. The van der Waals surface area contributed by atoms with Crippen molar-refractivity contribution in [3.8, 4) is 5.75 Å². The number of phenols is 1. The van der Waals surface area contributed by atoms with Gasteiger partial charge in [0.1, 0.15) is 54.1 Å². The fraction of sp³-hybridized carbons (Fsp3) is 0.473. The van der Waals surface area contributed by atoms with E-state index in [1.165, 1.54) is 46.2 Å². The van der Waals surface area contributed by atoms with Gasteiger partial charge in [-0.15, -0.1) is 0 Å². The largest absolute Gasteiger partial charge is 0.508 e. The molecule has 4 rings (SSSR count). The SMILES string of the molecule is Nc1ccc(CC(NC(=O)CCC(NCCN(CCN(CCNCC(=O)O)CC(=O)O)CC(=O)O)C(=O)O)C(=O)N[C@H](Cc2ccc(O)cc2)C(=O)N[C@H](Cc2ccc3ccccc3c2)C(=O)N[C@H](CCCCNC(=O)CCC(=O)NCCCC(NC(=O)CC[C@H](NC(=O)N[C@@H](CCC(=O)O)C(=O)O)C(=O)O)C(=O)O)C(=O)O)cc1. The number of carboxylic acid groups (broad SMARTS) is 9. The number of benzene rings is 4. The number of aliphatic carboxylic acids is 9. The second-order valence-corrected chi connectivity index (χ2v) is 26.8. The molecule has 0 bridgehead atoms. The van der Waals surface area contributed by atoms with Gasteiger partial charge in [0, 0.05) is 109 Å². The fourth-order valence-corrected chi connectivity index (χ4v) is 11.5. The highest BCUT2D eigenvalue weighted by molar-refractivity contribution is 5.96. The molecule has 41 heteroatoms. The van der Waals surface area contributed by atoms with Gasteiger partial charge < -0.3 is 115 Å². The average molecular weight is 1620 g/mol. The van der Waals surface area contributed by atoms with Crippen molar-refractivity contribution in [2.75, 3.05) is 77.7 Å². The summed E-state index contributed by atoms with van der Waals surface area (Å²) in [4.78, 5) is 217. The van der Waals surface area contributed by atoms with Crippen LogP contribution < -0.4 is 64.2 Å². The Morgan fingerprint density at radius 1 is 0.348 bits per heavy atom. The number of urea groups is 1. The van der Waals surface area contributed by atoms with Crippen molar-refractivity contribution < 1.29 is 133 Å². The number of fused-ring (bicyclic) bond motifs is 1. The number of rotatable bonds is 58. The smallest absolute Gasteiger partial charge is 0.326 e. The van der Waals surface area contributed by atoms with Crippen LogP contribution in [0, 0.1) is 0 Å². The van der Waals surface area contributed by atoms with Crippen LogP contribution in [0.5, 0.6) is 5.75 Å². The quantitative estimate of drug-likeness (QED) is 0.0165. The number of anilines is 1. The van der Waals surface area contributed by atoms with E-state index in [0.29, 0.717) is 22.4 Å². The normalized spacial score (nSPS) is 13.2. The van der Waals surface area contributed by atoms with Gasteiger partial charge in [-0.3, -0.25) is 67.3 Å². The molecule has 628 valence electrons. The van der Waals surface area contributed by atoms with Gasteiger partial charge in [-0.1, -0.05) is 66.7 Å². The van der Waals surface area contributed by atoms with Crippen LogP contribution in [0.4, 0.5) is 10.5 Å². The van der Waals surface area contributed by atoms with Crippen LogP contribution in [0.1, 0.15) is 100 Å². The van der Waals surface area contributed by atoms with Gasteiger partial charge in [0.15, 0.2) is 0 Å². The lowest BCUT2D eigenvalue weighted by Crippen LogP contribution is -2.59. The Balaban J connectivity index is 1.40. The summed E-state index contributed by atoms with van der Waals surface area (Å²) in [6, 6.07) is 10.5. The van der Waals surface area contributed by atoms with Crippen LogP contribution in [0.2, 0.25) is 0 Å². The van der Waals surface area contributed by atoms with Crippen molar-refractivity contribution >= 4 is 118 Å². The van der Waals surface area contributed by atoms with Crippen LogP contribution in [0.3, 0.4) is 0 Å². The molecule has 0 saturated heterocycles. The number of carbonyl (C=O) groups is 17. The molecule has 0 aliphatic heterocycles. The number of carboxylic acids is 9. The van der Waals surface area contributed by atoms with E-state index in [0.717, 1.165) is 10.8 Å². The molecule has 0 aromatic heterocycles. The van der Waals surface area contributed by atoms with E-state index in [1.807, 2.05) is 28.8 Å². The van der Waals surface area contributed by atoms with Crippen molar-refractivity contribution in [3.05, 3.63) is 108 Å². The van der Waals surface area contributed by atoms with Crippen molar-refractivity contribution in [2.24, 2.45) is 0 Å². The van der Waals surface area contributed by atoms with Gasteiger partial charge in [0.05, 0.1) is 19.6 Å². The Bertz CT molecular complexity index is 4000. The fourth-order valence-electron chi connectivity index (χ4n) is 11.5. The number of phenolic OH excluding ortho intramolecular Hbond substituents is 1. The third-order valence-electron chi connectivity index (χ3n) is 17.6. The Hall–Kier alpha value is -12.6. The molecular weight excluding hydrogens is 1520 g/mol. The van der Waals surface area contributed by atoms with Crippen molar-refractivity contribution in [3.63, 3.8) is 0 Å². The standard InChI is InChI=1S/C74H100N14O27/c75-48-16-11-43(12-17-48)37-55(81-61(93)23-20-50(69(105)106)77-31-33-88(42-65(100)101)35-34-87(41-64(98)99)32-30-76-40-63(96)97)66(102)83-56(38-44-13-18-49(89)19-14-44)68(104)84-57(39-45-10-15-46-6-1-2-7-47(46)36-45)67(103)82-52(71(109)110)8-3-4-28-78-58(90)25-26-59(91)79-29-5-9-51(70(107)108)80-60(92)24-21-53(72(111)112)85-74(115)86-54(73(113)114)22-27-62(94)95/h1-2,6-7,10-19,36,50-57,76-77,89H,3-5,8-9,20-35,37-42,75H2,(H,78,90)(H,79,91)(H,80,92)(H,81,93)(H,82,103)(H,83,102)(H,84,104)(H,94,95)(H,96,97)(H,98,99)(H,100,101)(H,105,106)(H,107,108)(H,109,110)(H,111,112)(H,113,114)(H2,85,86,115)/t50?,51?,52-,53+,54+,55?,56-,57-/m1/s1. The summed E-state index contributed by atoms with van der Waals surface area (Å²) in [6.45, 7) is -1.36. The Morgan fingerprint density at radius 3 is 1.25 bits per heavy atom. The van der Waals surface area contributed by atoms with Gasteiger partial charge in [-0.2, -0.15) is 0 Å². The lowest BCUT2D eigenvalue weighted by Gasteiger charge is -2.27. The number of hydrogen-bond donors (Lipinski definition) is 22. The van der Waals surface area contributed by atoms with E-state index < -0.39 is 195 Å². The molecule has 0 spiro atoms. The number of nitrogens with zero attached hydrogens (tertiary/aromatic N) is 2. The molecule has 115 heavy (non-hydrogen) atoms. The minimum Gasteiger partial charge on any atom is -0.508 e. The highest BCUT2D eigenvalue weighted by Crippen LogP contribution is 2.19. The molecule has 0 aliphatic rings. The molecule has 0 fully saturated rings. The maximum Gasteiger partial charge on any atom is 0.326 e. The van der Waals surface area contributed by atoms with E-state index in [9.17, 15) is 122 Å². The van der Waals surface area contributed by atoms with Crippen LogP contribution in [0.15, 0.2) is 91.0 Å². The Labute approximate surface area is 658 Å². The third kappa shape index (κ3) is 38.9. The van der Waals surface area contributed by atoms with Gasteiger partial charge >= 0.3 is 59.8 Å². The zero-order chi connectivity index (χ0) is 85.1. The zero-order valence-electron chi connectivity index (χ0n) is 62.8. The second kappa shape index (κ2) is 50.4. The summed E-state index contributed by atoms with van der Waals surface area (Å²) < 4.78 is 0. The molecule has 9 amide bonds. The number of unbranched alkanes of at least 4 members (excludes halogenated alkanes) is 1.